The van der Waals surface area contributed by atoms with Crippen molar-refractivity contribution in [1.82, 2.24) is 20.1 Å². The van der Waals surface area contributed by atoms with Crippen LogP contribution in [0, 0.1) is 6.92 Å². The van der Waals surface area contributed by atoms with Crippen molar-refractivity contribution < 1.29 is 0 Å². The molecule has 2 aromatic heterocycles. The molecule has 2 heterocycles. The summed E-state index contributed by atoms with van der Waals surface area (Å²) in [4.78, 5) is 4.82. The van der Waals surface area contributed by atoms with Gasteiger partial charge in [-0.15, -0.1) is 0 Å². The van der Waals surface area contributed by atoms with E-state index in [9.17, 15) is 0 Å². The molecule has 0 spiro atoms. The summed E-state index contributed by atoms with van der Waals surface area (Å²) < 4.78 is 1.90. The minimum absolute atomic E-state index is 0.803. The first-order valence-electron chi connectivity index (χ1n) is 6.89. The van der Waals surface area contributed by atoms with Crippen LogP contribution in [0.5, 0.6) is 0 Å². The number of aryl methyl sites for hydroxylation is 2. The van der Waals surface area contributed by atoms with Gasteiger partial charge in [0.25, 0.3) is 0 Å². The van der Waals surface area contributed by atoms with Crippen LogP contribution in [-0.4, -0.2) is 21.8 Å². The van der Waals surface area contributed by atoms with E-state index in [0.29, 0.717) is 0 Å². The fraction of sp³-hybridized carbons (Fsp3) is 0.250. The summed E-state index contributed by atoms with van der Waals surface area (Å²) in [6, 6.07) is 12.5. The van der Waals surface area contributed by atoms with Crippen molar-refractivity contribution >= 4 is 22.7 Å². The molecule has 5 heteroatoms. The first kappa shape index (κ1) is 14.1. The number of hydrogen-bond acceptors (Lipinski definition) is 4. The summed E-state index contributed by atoms with van der Waals surface area (Å²) in [5.41, 5.74) is 3.26. The number of benzene rings is 1. The maximum absolute atomic E-state index is 4.82. The van der Waals surface area contributed by atoms with Gasteiger partial charge in [-0.05, 0) is 37.7 Å². The van der Waals surface area contributed by atoms with Gasteiger partial charge in [0.05, 0.1) is 11.2 Å². The van der Waals surface area contributed by atoms with Gasteiger partial charge in [0, 0.05) is 19.0 Å². The lowest BCUT2D eigenvalue weighted by molar-refractivity contribution is 0.691. The van der Waals surface area contributed by atoms with Crippen molar-refractivity contribution in [2.24, 2.45) is 7.05 Å². The highest BCUT2D eigenvalue weighted by atomic mass is 32.2. The van der Waals surface area contributed by atoms with E-state index < -0.39 is 0 Å². The second-order valence-corrected chi connectivity index (χ2v) is 6.03. The summed E-state index contributed by atoms with van der Waals surface area (Å²) in [6.07, 6.45) is 0. The van der Waals surface area contributed by atoms with Gasteiger partial charge in [0.2, 0.25) is 0 Å². The molecule has 0 bridgehead atoms. The molecule has 0 saturated carbocycles. The zero-order chi connectivity index (χ0) is 14.8. The monoisotopic (exact) mass is 298 g/mol. The molecule has 0 saturated heterocycles. The molecule has 0 fully saturated rings. The molecular formula is C16H18N4S. The van der Waals surface area contributed by atoms with Gasteiger partial charge < -0.3 is 5.32 Å². The number of nitrogens with zero attached hydrogens (tertiary/aromatic N) is 3. The highest BCUT2D eigenvalue weighted by Gasteiger charge is 2.11. The summed E-state index contributed by atoms with van der Waals surface area (Å²) >= 11 is 1.67. The summed E-state index contributed by atoms with van der Waals surface area (Å²) in [7, 11) is 3.92. The fourth-order valence-electron chi connectivity index (χ4n) is 2.33. The van der Waals surface area contributed by atoms with Crippen LogP contribution in [0.25, 0.3) is 10.9 Å². The largest absolute Gasteiger partial charge is 0.316 e. The van der Waals surface area contributed by atoms with E-state index in [1.165, 1.54) is 10.9 Å². The Morgan fingerprint density at radius 3 is 2.76 bits per heavy atom. The summed E-state index contributed by atoms with van der Waals surface area (Å²) in [5, 5.41) is 10.9. The van der Waals surface area contributed by atoms with Gasteiger partial charge in [-0.2, -0.15) is 5.10 Å². The predicted molar refractivity (Wildman–Crippen MR) is 86.6 cm³/mol. The Hall–Kier alpha value is -1.85. The number of fused-ring (bicyclic) bond motifs is 1. The van der Waals surface area contributed by atoms with E-state index in [0.717, 1.165) is 27.8 Å². The van der Waals surface area contributed by atoms with Crippen molar-refractivity contribution in [3.05, 3.63) is 47.7 Å². The van der Waals surface area contributed by atoms with Crippen LogP contribution < -0.4 is 5.32 Å². The lowest BCUT2D eigenvalue weighted by atomic mass is 10.1. The molecule has 3 aromatic rings. The number of aromatic nitrogens is 3. The van der Waals surface area contributed by atoms with Crippen molar-refractivity contribution in [1.29, 1.82) is 0 Å². The normalized spacial score (nSPS) is 11.2. The molecule has 0 unspecified atom stereocenters. The molecule has 0 aliphatic rings. The lowest BCUT2D eigenvalue weighted by Gasteiger charge is -2.10. The average Bonchev–Trinajstić information content (AvgIpc) is 2.78. The molecule has 1 N–H and O–H groups in total. The average molecular weight is 298 g/mol. The Kier molecular flexibility index (Phi) is 3.94. The number of hydrogen-bond donors (Lipinski definition) is 1. The lowest BCUT2D eigenvalue weighted by Crippen LogP contribution is -2.07. The van der Waals surface area contributed by atoms with E-state index in [2.05, 4.69) is 34.7 Å². The number of nitrogens with one attached hydrogen (secondary N) is 1. The molecule has 0 aliphatic heterocycles. The van der Waals surface area contributed by atoms with Crippen LogP contribution in [0.4, 0.5) is 0 Å². The smallest absolute Gasteiger partial charge is 0.107 e. The van der Waals surface area contributed by atoms with Gasteiger partial charge in [-0.3, -0.25) is 4.68 Å². The molecule has 0 amide bonds. The Morgan fingerprint density at radius 1 is 1.24 bits per heavy atom. The molecule has 3 rings (SSSR count). The number of rotatable bonds is 4. The van der Waals surface area contributed by atoms with Gasteiger partial charge in [0.1, 0.15) is 10.1 Å². The van der Waals surface area contributed by atoms with E-state index in [4.69, 9.17) is 4.98 Å². The first-order chi connectivity index (χ1) is 10.2. The SMILES string of the molecule is CNCc1cc2ccccc2nc1Sc1cc(C)nn1C. The Balaban J connectivity index is 2.06. The third-order valence-electron chi connectivity index (χ3n) is 3.29. The highest BCUT2D eigenvalue weighted by molar-refractivity contribution is 7.99. The summed E-state index contributed by atoms with van der Waals surface area (Å²) in [6.45, 7) is 2.81. The first-order valence-corrected chi connectivity index (χ1v) is 7.71. The second-order valence-electron chi connectivity index (χ2n) is 5.03. The minimum atomic E-state index is 0.803. The molecule has 4 nitrogen and oxygen atoms in total. The van der Waals surface area contributed by atoms with Crippen molar-refractivity contribution in [3.8, 4) is 0 Å². The van der Waals surface area contributed by atoms with Gasteiger partial charge in [-0.1, -0.05) is 30.0 Å². The van der Waals surface area contributed by atoms with E-state index in [1.54, 1.807) is 11.8 Å². The Labute approximate surface area is 128 Å². The molecule has 0 atom stereocenters. The van der Waals surface area contributed by atoms with Crippen LogP contribution in [0.15, 0.2) is 46.5 Å². The Bertz CT molecular complexity index is 779. The molecule has 21 heavy (non-hydrogen) atoms. The summed E-state index contributed by atoms with van der Waals surface area (Å²) in [5.74, 6) is 0. The van der Waals surface area contributed by atoms with Crippen molar-refractivity contribution in [2.75, 3.05) is 7.05 Å². The molecule has 108 valence electrons. The zero-order valence-electron chi connectivity index (χ0n) is 12.4. The molecule has 0 radical (unpaired) electrons. The topological polar surface area (TPSA) is 42.7 Å². The van der Waals surface area contributed by atoms with Gasteiger partial charge >= 0.3 is 0 Å². The van der Waals surface area contributed by atoms with Crippen LogP contribution >= 0.6 is 11.8 Å². The van der Waals surface area contributed by atoms with E-state index in [1.807, 2.05) is 37.8 Å². The quantitative estimate of drug-likeness (QED) is 0.803. The van der Waals surface area contributed by atoms with Gasteiger partial charge in [-0.25, -0.2) is 4.98 Å². The third kappa shape index (κ3) is 2.94. The van der Waals surface area contributed by atoms with Crippen LogP contribution in [0.1, 0.15) is 11.3 Å². The maximum atomic E-state index is 4.82. The fourth-order valence-corrected chi connectivity index (χ4v) is 3.34. The highest BCUT2D eigenvalue weighted by Crippen LogP contribution is 2.31. The third-order valence-corrected chi connectivity index (χ3v) is 4.43. The standard InChI is InChI=1S/C16H18N4S/c1-11-8-15(20(3)19-11)21-16-13(10-17-2)9-12-6-4-5-7-14(12)18-16/h4-9,17H,10H2,1-3H3. The van der Waals surface area contributed by atoms with Crippen molar-refractivity contribution in [3.63, 3.8) is 0 Å². The zero-order valence-corrected chi connectivity index (χ0v) is 13.2. The predicted octanol–water partition coefficient (Wildman–Crippen LogP) is 3.15. The van der Waals surface area contributed by atoms with E-state index >= 15 is 0 Å². The maximum Gasteiger partial charge on any atom is 0.107 e. The molecule has 1 aromatic carbocycles. The van der Waals surface area contributed by atoms with Crippen LogP contribution in [0.3, 0.4) is 0 Å². The Morgan fingerprint density at radius 2 is 2.05 bits per heavy atom. The molecule has 0 aliphatic carbocycles. The molecular weight excluding hydrogens is 280 g/mol. The van der Waals surface area contributed by atoms with Crippen LogP contribution in [-0.2, 0) is 13.6 Å². The van der Waals surface area contributed by atoms with Crippen LogP contribution in [0.2, 0.25) is 0 Å². The van der Waals surface area contributed by atoms with E-state index in [-0.39, 0.29) is 0 Å². The van der Waals surface area contributed by atoms with Gasteiger partial charge in [0.15, 0.2) is 0 Å². The number of para-hydroxylation sites is 1. The minimum Gasteiger partial charge on any atom is -0.316 e. The number of pyridine rings is 1. The van der Waals surface area contributed by atoms with Crippen molar-refractivity contribution in [2.45, 2.75) is 23.5 Å². The second kappa shape index (κ2) is 5.87.